The molecule has 3 aromatic rings. The van der Waals surface area contributed by atoms with Crippen molar-refractivity contribution in [2.45, 2.75) is 19.8 Å². The molecule has 166 valence electrons. The van der Waals surface area contributed by atoms with E-state index in [1.807, 2.05) is 48.2 Å². The average Bonchev–Trinajstić information content (AvgIpc) is 3.16. The lowest BCUT2D eigenvalue weighted by molar-refractivity contribution is 0.0757. The lowest BCUT2D eigenvalue weighted by Crippen LogP contribution is -2.35. The van der Waals surface area contributed by atoms with Gasteiger partial charge in [0.2, 0.25) is 11.8 Å². The van der Waals surface area contributed by atoms with E-state index in [0.717, 1.165) is 11.1 Å². The lowest BCUT2D eigenvalue weighted by Gasteiger charge is -2.30. The van der Waals surface area contributed by atoms with Crippen LogP contribution in [-0.2, 0) is 0 Å². The molecule has 1 aromatic carbocycles. The molecule has 0 bridgehead atoms. The molecule has 0 saturated carbocycles. The summed E-state index contributed by atoms with van der Waals surface area (Å²) in [5, 5.41) is 0.686. The number of rotatable bonds is 6. The number of nitrogens with zero attached hydrogens (tertiary/aromatic N) is 3. The zero-order valence-electron chi connectivity index (χ0n) is 18.4. The summed E-state index contributed by atoms with van der Waals surface area (Å²) in [6.07, 6.45) is 3.34. The minimum atomic E-state index is -0.310. The highest BCUT2D eigenvalue weighted by molar-refractivity contribution is 6.30. The molecule has 3 heterocycles. The van der Waals surface area contributed by atoms with Gasteiger partial charge in [0.25, 0.3) is 5.91 Å². The first kappa shape index (κ1) is 22.1. The third-order valence-electron chi connectivity index (χ3n) is 5.98. The summed E-state index contributed by atoms with van der Waals surface area (Å²) in [6.45, 7) is 5.70. The third kappa shape index (κ3) is 4.70. The largest absolute Gasteiger partial charge is 0.481 e. The summed E-state index contributed by atoms with van der Waals surface area (Å²) >= 11 is 6.11. The molecule has 1 amide bonds. The maximum atomic E-state index is 13.2. The van der Waals surface area contributed by atoms with E-state index in [2.05, 4.69) is 16.9 Å². The van der Waals surface area contributed by atoms with Crippen LogP contribution in [0.15, 0.2) is 60.9 Å². The minimum Gasteiger partial charge on any atom is -0.481 e. The van der Waals surface area contributed by atoms with Crippen LogP contribution in [0.4, 0.5) is 0 Å². The predicted octanol–water partition coefficient (Wildman–Crippen LogP) is 4.77. The molecular weight excluding hydrogens is 426 g/mol. The Bertz CT molecular complexity index is 1070. The highest BCUT2D eigenvalue weighted by Gasteiger charge is 2.46. The molecule has 0 radical (unpaired) electrons. The molecule has 0 N–H and O–H groups in total. The van der Waals surface area contributed by atoms with Crippen molar-refractivity contribution in [2.75, 3.05) is 26.8 Å². The lowest BCUT2D eigenvalue weighted by atomic mass is 9.77. The number of ether oxygens (including phenoxy) is 2. The predicted molar refractivity (Wildman–Crippen MR) is 123 cm³/mol. The van der Waals surface area contributed by atoms with Crippen LogP contribution in [0.2, 0.25) is 5.02 Å². The molecular formula is C25H26ClN3O3. The maximum absolute atomic E-state index is 13.2. The fourth-order valence-electron chi connectivity index (χ4n) is 4.14. The summed E-state index contributed by atoms with van der Waals surface area (Å²) in [4.78, 5) is 23.7. The molecule has 2 aromatic heterocycles. The third-order valence-corrected chi connectivity index (χ3v) is 6.23. The second-order valence-electron chi connectivity index (χ2n) is 8.50. The second kappa shape index (κ2) is 9.17. The van der Waals surface area contributed by atoms with Gasteiger partial charge in [-0.2, -0.15) is 0 Å². The van der Waals surface area contributed by atoms with Crippen molar-refractivity contribution in [1.29, 1.82) is 0 Å². The Labute approximate surface area is 193 Å². The van der Waals surface area contributed by atoms with Crippen LogP contribution in [0.3, 0.4) is 0 Å². The molecule has 0 spiro atoms. The number of aromatic nitrogens is 2. The van der Waals surface area contributed by atoms with Crippen molar-refractivity contribution < 1.29 is 14.3 Å². The monoisotopic (exact) mass is 451 g/mol. The van der Waals surface area contributed by atoms with Crippen LogP contribution < -0.4 is 9.47 Å². The van der Waals surface area contributed by atoms with Gasteiger partial charge in [-0.05, 0) is 36.2 Å². The molecule has 2 atom stereocenters. The Morgan fingerprint density at radius 1 is 1.09 bits per heavy atom. The van der Waals surface area contributed by atoms with Crippen LogP contribution in [0.5, 0.6) is 11.8 Å². The van der Waals surface area contributed by atoms with Crippen LogP contribution >= 0.6 is 11.6 Å². The smallest absolute Gasteiger partial charge is 0.255 e. The second-order valence-corrected chi connectivity index (χ2v) is 8.93. The first-order chi connectivity index (χ1) is 15.4. The number of benzene rings is 1. The number of methoxy groups -OCH3 is 1. The molecule has 32 heavy (non-hydrogen) atoms. The molecule has 1 aliphatic rings. The number of carbonyl (C=O) groups excluding carboxylic acids is 1. The summed E-state index contributed by atoms with van der Waals surface area (Å²) < 4.78 is 11.2. The van der Waals surface area contributed by atoms with Gasteiger partial charge < -0.3 is 14.4 Å². The van der Waals surface area contributed by atoms with E-state index in [0.29, 0.717) is 42.0 Å². The number of carbonyl (C=O) groups is 1. The quantitative estimate of drug-likeness (QED) is 0.540. The van der Waals surface area contributed by atoms with E-state index >= 15 is 0 Å². The molecule has 0 aliphatic carbocycles. The Balaban J connectivity index is 1.58. The van der Waals surface area contributed by atoms with Crippen LogP contribution in [0, 0.1) is 12.3 Å². The first-order valence-corrected chi connectivity index (χ1v) is 10.9. The zero-order chi connectivity index (χ0) is 22.7. The van der Waals surface area contributed by atoms with Crippen LogP contribution in [0.25, 0.3) is 0 Å². The number of amides is 1. The highest BCUT2D eigenvalue weighted by atomic mass is 35.5. The summed E-state index contributed by atoms with van der Waals surface area (Å²) in [7, 11) is 1.55. The minimum absolute atomic E-state index is 0.0590. The molecule has 1 saturated heterocycles. The number of hydrogen-bond donors (Lipinski definition) is 0. The van der Waals surface area contributed by atoms with Crippen molar-refractivity contribution in [1.82, 2.24) is 14.9 Å². The Morgan fingerprint density at radius 2 is 1.81 bits per heavy atom. The van der Waals surface area contributed by atoms with E-state index in [4.69, 9.17) is 21.1 Å². The summed E-state index contributed by atoms with van der Waals surface area (Å²) in [6, 6.07) is 15.1. The van der Waals surface area contributed by atoms with Gasteiger partial charge in [0.15, 0.2) is 0 Å². The molecule has 4 rings (SSSR count). The molecule has 7 heteroatoms. The Morgan fingerprint density at radius 3 is 2.44 bits per heavy atom. The van der Waals surface area contributed by atoms with Gasteiger partial charge in [0, 0.05) is 54.0 Å². The van der Waals surface area contributed by atoms with E-state index in [9.17, 15) is 4.79 Å². The number of aryl methyl sites for hydroxylation is 1. The van der Waals surface area contributed by atoms with E-state index in [1.54, 1.807) is 31.6 Å². The standard InChI is InChI=1S/C25H26ClN3O3/c1-17-4-10-23(27-12-17)32-16-25(2)15-29(14-21(25)18-5-8-20(26)9-6-18)24(30)19-7-11-22(31-3)28-13-19/h4-13,21H,14-16H2,1-3H3/t21-,25-/m1/s1. The number of halogens is 1. The van der Waals surface area contributed by atoms with Gasteiger partial charge in [0.1, 0.15) is 0 Å². The number of likely N-dealkylation sites (tertiary alicyclic amines) is 1. The first-order valence-electron chi connectivity index (χ1n) is 10.5. The fraction of sp³-hybridized carbons (Fsp3) is 0.320. The van der Waals surface area contributed by atoms with Gasteiger partial charge in [-0.3, -0.25) is 4.79 Å². The van der Waals surface area contributed by atoms with Gasteiger partial charge >= 0.3 is 0 Å². The molecule has 6 nitrogen and oxygen atoms in total. The molecule has 1 fully saturated rings. The SMILES string of the molecule is COc1ccc(C(=O)N2C[C@H](c3ccc(Cl)cc3)[C@@](C)(COc3ccc(C)cn3)C2)cn1. The maximum Gasteiger partial charge on any atom is 0.255 e. The highest BCUT2D eigenvalue weighted by Crippen LogP contribution is 2.43. The van der Waals surface area contributed by atoms with Crippen molar-refractivity contribution >= 4 is 17.5 Å². The van der Waals surface area contributed by atoms with Crippen LogP contribution in [-0.4, -0.2) is 47.6 Å². The van der Waals surface area contributed by atoms with Gasteiger partial charge in [-0.1, -0.05) is 36.7 Å². The average molecular weight is 452 g/mol. The summed E-state index contributed by atoms with van der Waals surface area (Å²) in [5.74, 6) is 1.08. The molecule has 1 aliphatic heterocycles. The summed E-state index contributed by atoms with van der Waals surface area (Å²) in [5.41, 5.74) is 2.43. The van der Waals surface area contributed by atoms with Gasteiger partial charge in [-0.15, -0.1) is 0 Å². The zero-order valence-corrected chi connectivity index (χ0v) is 19.2. The Kier molecular flexibility index (Phi) is 6.33. The number of hydrogen-bond acceptors (Lipinski definition) is 5. The van der Waals surface area contributed by atoms with Crippen molar-refractivity contribution in [2.24, 2.45) is 5.41 Å². The van der Waals surface area contributed by atoms with Crippen LogP contribution in [0.1, 0.15) is 34.3 Å². The van der Waals surface area contributed by atoms with Crippen molar-refractivity contribution in [3.63, 3.8) is 0 Å². The normalized spacial score (nSPS) is 20.2. The van der Waals surface area contributed by atoms with E-state index < -0.39 is 0 Å². The van der Waals surface area contributed by atoms with Crippen molar-refractivity contribution in [3.05, 3.63) is 82.6 Å². The molecule has 0 unspecified atom stereocenters. The van der Waals surface area contributed by atoms with Gasteiger partial charge in [0.05, 0.1) is 19.3 Å². The van der Waals surface area contributed by atoms with Crippen molar-refractivity contribution in [3.8, 4) is 11.8 Å². The van der Waals surface area contributed by atoms with E-state index in [-0.39, 0.29) is 17.2 Å². The number of pyridine rings is 2. The van der Waals surface area contributed by atoms with Gasteiger partial charge in [-0.25, -0.2) is 9.97 Å². The van der Waals surface area contributed by atoms with E-state index in [1.165, 1.54) is 0 Å². The fourth-order valence-corrected chi connectivity index (χ4v) is 4.27. The Hall–Kier alpha value is -3.12. The topological polar surface area (TPSA) is 64.5 Å².